The van der Waals surface area contributed by atoms with Crippen LogP contribution in [-0.4, -0.2) is 6.36 Å². The van der Waals surface area contributed by atoms with Gasteiger partial charge >= 0.3 is 6.36 Å². The Morgan fingerprint density at radius 2 is 2.00 bits per heavy atom. The Morgan fingerprint density at radius 3 is 2.50 bits per heavy atom. The van der Waals surface area contributed by atoms with Crippen LogP contribution in [0.1, 0.15) is 5.56 Å². The Bertz CT molecular complexity index is 383. The molecule has 1 rings (SSSR count). The van der Waals surface area contributed by atoms with E-state index in [9.17, 15) is 13.2 Å². The van der Waals surface area contributed by atoms with Gasteiger partial charge in [-0.3, -0.25) is 0 Å². The van der Waals surface area contributed by atoms with Crippen LogP contribution in [0.15, 0.2) is 23.1 Å². The van der Waals surface area contributed by atoms with Gasteiger partial charge in [-0.15, -0.1) is 25.8 Å². The van der Waals surface area contributed by atoms with E-state index in [0.29, 0.717) is 0 Å². The first-order valence-corrected chi connectivity index (χ1v) is 3.86. The molecule has 0 radical (unpaired) electrons. The number of ether oxygens (including phenoxy) is 1. The van der Waals surface area contributed by atoms with Gasteiger partial charge < -0.3 is 4.74 Å². The number of benzene rings is 1. The topological polar surface area (TPSA) is 33.0 Å². The maximum absolute atomic E-state index is 11.8. The second-order valence-electron chi connectivity index (χ2n) is 2.34. The number of nitriles is 1. The molecule has 1 aromatic carbocycles. The Hall–Kier alpha value is -1.35. The average Bonchev–Trinajstić information content (AvgIpc) is 2.06. The Kier molecular flexibility index (Phi) is 2.91. The fraction of sp³-hybridized carbons (Fsp3) is 0.125. The quantitative estimate of drug-likeness (QED) is 0.736. The molecule has 0 heterocycles. The first kappa shape index (κ1) is 10.7. The summed E-state index contributed by atoms with van der Waals surface area (Å²) in [6.45, 7) is 0. The second kappa shape index (κ2) is 3.80. The number of hydrogen-bond acceptors (Lipinski definition) is 3. The predicted molar refractivity (Wildman–Crippen MR) is 45.1 cm³/mol. The van der Waals surface area contributed by atoms with E-state index >= 15 is 0 Å². The highest BCUT2D eigenvalue weighted by molar-refractivity contribution is 7.80. The first-order valence-electron chi connectivity index (χ1n) is 3.41. The van der Waals surface area contributed by atoms with E-state index in [1.54, 1.807) is 6.07 Å². The van der Waals surface area contributed by atoms with Gasteiger partial charge in [0.2, 0.25) is 0 Å². The predicted octanol–water partition coefficient (Wildman–Crippen LogP) is 2.75. The number of halogens is 3. The fourth-order valence-corrected chi connectivity index (χ4v) is 0.975. The van der Waals surface area contributed by atoms with Crippen molar-refractivity contribution >= 4 is 12.6 Å². The summed E-state index contributed by atoms with van der Waals surface area (Å²) in [5, 5.41) is 8.44. The monoisotopic (exact) mass is 219 g/mol. The SMILES string of the molecule is N#Cc1ccc(S)c(OC(F)(F)F)c1. The van der Waals surface area contributed by atoms with E-state index in [1.165, 1.54) is 12.1 Å². The van der Waals surface area contributed by atoms with Crippen molar-refractivity contribution in [3.05, 3.63) is 23.8 Å². The summed E-state index contributed by atoms with van der Waals surface area (Å²) in [5.74, 6) is -0.472. The van der Waals surface area contributed by atoms with Gasteiger partial charge in [0.05, 0.1) is 11.6 Å². The molecule has 0 saturated heterocycles. The van der Waals surface area contributed by atoms with Crippen molar-refractivity contribution in [3.8, 4) is 11.8 Å². The van der Waals surface area contributed by atoms with Crippen LogP contribution < -0.4 is 4.74 Å². The molecule has 0 unspecified atom stereocenters. The molecular weight excluding hydrogens is 215 g/mol. The Balaban J connectivity index is 3.03. The largest absolute Gasteiger partial charge is 0.573 e. The lowest BCUT2D eigenvalue weighted by Crippen LogP contribution is -2.17. The van der Waals surface area contributed by atoms with E-state index < -0.39 is 12.1 Å². The number of rotatable bonds is 1. The van der Waals surface area contributed by atoms with Gasteiger partial charge in [-0.1, -0.05) is 0 Å². The summed E-state index contributed by atoms with van der Waals surface area (Å²) in [6.07, 6.45) is -4.77. The number of hydrogen-bond donors (Lipinski definition) is 1. The molecule has 0 saturated carbocycles. The lowest BCUT2D eigenvalue weighted by molar-refractivity contribution is -0.275. The third-order valence-corrected chi connectivity index (χ3v) is 1.68. The summed E-state index contributed by atoms with van der Waals surface area (Å²) in [6, 6.07) is 5.30. The van der Waals surface area contributed by atoms with Crippen LogP contribution in [0.3, 0.4) is 0 Å². The van der Waals surface area contributed by atoms with Gasteiger partial charge in [0.15, 0.2) is 0 Å². The molecule has 0 amide bonds. The lowest BCUT2D eigenvalue weighted by atomic mass is 10.2. The maximum Gasteiger partial charge on any atom is 0.573 e. The number of alkyl halides is 3. The summed E-state index contributed by atoms with van der Waals surface area (Å²) in [5.41, 5.74) is 0.0852. The summed E-state index contributed by atoms with van der Waals surface area (Å²) < 4.78 is 39.1. The summed E-state index contributed by atoms with van der Waals surface area (Å²) in [7, 11) is 0. The van der Waals surface area contributed by atoms with Gasteiger partial charge in [0.25, 0.3) is 0 Å². The summed E-state index contributed by atoms with van der Waals surface area (Å²) >= 11 is 3.76. The van der Waals surface area contributed by atoms with Crippen LogP contribution in [0.2, 0.25) is 0 Å². The third-order valence-electron chi connectivity index (χ3n) is 1.31. The van der Waals surface area contributed by atoms with Crippen LogP contribution in [0.4, 0.5) is 13.2 Å². The molecular formula is C8H4F3NOS. The molecule has 2 nitrogen and oxygen atoms in total. The lowest BCUT2D eigenvalue weighted by Gasteiger charge is -2.10. The highest BCUT2D eigenvalue weighted by atomic mass is 32.1. The fourth-order valence-electron chi connectivity index (χ4n) is 0.790. The Labute approximate surface area is 83.3 Å². The van der Waals surface area contributed by atoms with Gasteiger partial charge in [-0.05, 0) is 18.2 Å². The van der Waals surface area contributed by atoms with Crippen molar-refractivity contribution < 1.29 is 17.9 Å². The molecule has 14 heavy (non-hydrogen) atoms. The van der Waals surface area contributed by atoms with E-state index in [1.807, 2.05) is 0 Å². The highest BCUT2D eigenvalue weighted by Gasteiger charge is 2.31. The average molecular weight is 219 g/mol. The van der Waals surface area contributed by atoms with Crippen molar-refractivity contribution in [3.63, 3.8) is 0 Å². The van der Waals surface area contributed by atoms with Crippen molar-refractivity contribution in [2.24, 2.45) is 0 Å². The van der Waals surface area contributed by atoms with Crippen molar-refractivity contribution in [2.75, 3.05) is 0 Å². The zero-order chi connectivity index (χ0) is 10.8. The Morgan fingerprint density at radius 1 is 1.36 bits per heavy atom. The van der Waals surface area contributed by atoms with Crippen molar-refractivity contribution in [1.82, 2.24) is 0 Å². The molecule has 0 spiro atoms. The zero-order valence-corrected chi connectivity index (χ0v) is 7.56. The van der Waals surface area contributed by atoms with Crippen LogP contribution >= 0.6 is 12.6 Å². The first-order chi connectivity index (χ1) is 6.42. The molecule has 1 aromatic rings. The van der Waals surface area contributed by atoms with Crippen LogP contribution in [0.25, 0.3) is 0 Å². The third kappa shape index (κ3) is 2.85. The van der Waals surface area contributed by atoms with E-state index in [2.05, 4.69) is 17.4 Å². The van der Waals surface area contributed by atoms with E-state index in [4.69, 9.17) is 5.26 Å². The van der Waals surface area contributed by atoms with Gasteiger partial charge in [-0.2, -0.15) is 5.26 Å². The molecule has 0 aliphatic carbocycles. The smallest absolute Gasteiger partial charge is 0.405 e. The molecule has 0 aliphatic rings. The maximum atomic E-state index is 11.8. The normalized spacial score (nSPS) is 10.8. The molecule has 0 atom stereocenters. The van der Waals surface area contributed by atoms with E-state index in [0.717, 1.165) is 6.07 Å². The molecule has 0 bridgehead atoms. The van der Waals surface area contributed by atoms with Crippen molar-refractivity contribution in [2.45, 2.75) is 11.3 Å². The van der Waals surface area contributed by atoms with Crippen molar-refractivity contribution in [1.29, 1.82) is 5.26 Å². The molecule has 0 aromatic heterocycles. The molecule has 74 valence electrons. The van der Waals surface area contributed by atoms with Crippen LogP contribution in [0.5, 0.6) is 5.75 Å². The number of thiol groups is 1. The van der Waals surface area contributed by atoms with Gasteiger partial charge in [0.1, 0.15) is 5.75 Å². The molecule has 0 fully saturated rings. The molecule has 0 aliphatic heterocycles. The highest BCUT2D eigenvalue weighted by Crippen LogP contribution is 2.29. The standard InChI is InChI=1S/C8H4F3NOS/c9-8(10,11)13-6-3-5(4-12)1-2-7(6)14/h1-3,14H. The van der Waals surface area contributed by atoms with Gasteiger partial charge in [0, 0.05) is 4.90 Å². The van der Waals surface area contributed by atoms with Crippen LogP contribution in [0, 0.1) is 11.3 Å². The minimum absolute atomic E-state index is 0.0290. The number of nitrogens with zero attached hydrogens (tertiary/aromatic N) is 1. The molecule has 6 heteroatoms. The minimum Gasteiger partial charge on any atom is -0.405 e. The zero-order valence-electron chi connectivity index (χ0n) is 6.67. The molecule has 0 N–H and O–H groups in total. The van der Waals surface area contributed by atoms with E-state index in [-0.39, 0.29) is 10.5 Å². The minimum atomic E-state index is -4.77. The van der Waals surface area contributed by atoms with Gasteiger partial charge in [-0.25, -0.2) is 0 Å². The second-order valence-corrected chi connectivity index (χ2v) is 2.82. The van der Waals surface area contributed by atoms with Crippen LogP contribution in [-0.2, 0) is 0 Å². The summed E-state index contributed by atoms with van der Waals surface area (Å²) in [4.78, 5) is 0.0290.